The van der Waals surface area contributed by atoms with E-state index < -0.39 is 69.5 Å². The number of para-hydroxylation sites is 1. The zero-order valence-electron chi connectivity index (χ0n) is 28.2. The van der Waals surface area contributed by atoms with Crippen LogP contribution in [0, 0.1) is 23.7 Å². The summed E-state index contributed by atoms with van der Waals surface area (Å²) in [5, 5.41) is 11.1. The minimum absolute atomic E-state index is 0.0505. The first-order valence-corrected chi connectivity index (χ1v) is 17.7. The lowest BCUT2D eigenvalue weighted by Gasteiger charge is -2.50. The summed E-state index contributed by atoms with van der Waals surface area (Å²) in [7, 11) is 1.39. The molecule has 54 heavy (non-hydrogen) atoms. The predicted molar refractivity (Wildman–Crippen MR) is 190 cm³/mol. The molecule has 3 heterocycles. The number of ether oxygens (including phenoxy) is 1. The third kappa shape index (κ3) is 5.27. The smallest absolute Gasteiger partial charge is 0.417 e. The quantitative estimate of drug-likeness (QED) is 0.154. The summed E-state index contributed by atoms with van der Waals surface area (Å²) >= 11 is 12.6. The molecule has 1 aromatic heterocycles. The maximum atomic E-state index is 15.3. The zero-order valence-corrected chi connectivity index (χ0v) is 29.7. The number of halogens is 5. The van der Waals surface area contributed by atoms with Gasteiger partial charge >= 0.3 is 6.18 Å². The molecule has 4 aromatic rings. The Balaban J connectivity index is 1.33. The number of allylic oxidation sites excluding steroid dienone is 2. The Labute approximate surface area is 316 Å². The molecule has 4 aliphatic rings. The van der Waals surface area contributed by atoms with Crippen LogP contribution in [0.3, 0.4) is 0 Å². The van der Waals surface area contributed by atoms with Crippen LogP contribution in [-0.4, -0.2) is 45.8 Å². The van der Waals surface area contributed by atoms with Gasteiger partial charge in [0.1, 0.15) is 11.5 Å². The normalized spacial score (nSPS) is 26.3. The molecule has 2 aliphatic heterocycles. The maximum Gasteiger partial charge on any atom is 0.417 e. The molecule has 0 bridgehead atoms. The van der Waals surface area contributed by atoms with Crippen molar-refractivity contribution in [1.82, 2.24) is 9.99 Å². The SMILES string of the molecule is COc1cc(O)ccc1[C@H]1C2=CC[C@@H]3C(=O)N(c4ccccc4)C(=O)[C@@H]3[C@@H]2C[C@H]2C(=O)N(Nc3ncc(C(F)(F)F)cc3Cl)C(=O)[C@@]12c1ccc(Cl)cc1. The molecular weight excluding hydrogens is 748 g/mol. The van der Waals surface area contributed by atoms with E-state index in [9.17, 15) is 32.7 Å². The Hall–Kier alpha value is -5.40. The highest BCUT2D eigenvalue weighted by molar-refractivity contribution is 6.33. The number of alkyl halides is 3. The number of fused-ring (bicyclic) bond motifs is 4. The first-order valence-electron chi connectivity index (χ1n) is 16.9. The number of anilines is 2. The highest BCUT2D eigenvalue weighted by Gasteiger charge is 2.70. The third-order valence-electron chi connectivity index (χ3n) is 11.1. The van der Waals surface area contributed by atoms with Gasteiger partial charge in [0.25, 0.3) is 11.8 Å². The van der Waals surface area contributed by atoms with E-state index in [2.05, 4.69) is 10.4 Å². The van der Waals surface area contributed by atoms with Crippen molar-refractivity contribution in [2.45, 2.75) is 30.4 Å². The number of carbonyl (C=O) groups excluding carboxylic acids is 4. The fourth-order valence-corrected chi connectivity index (χ4v) is 9.23. The Morgan fingerprint density at radius 1 is 0.926 bits per heavy atom. The molecule has 4 amide bonds. The summed E-state index contributed by atoms with van der Waals surface area (Å²) in [6.45, 7) is 0. The van der Waals surface area contributed by atoms with Crippen LogP contribution in [0.15, 0.2) is 96.7 Å². The minimum atomic E-state index is -4.75. The number of pyridine rings is 1. The number of nitrogens with zero attached hydrogens (tertiary/aromatic N) is 3. The maximum absolute atomic E-state index is 15.3. The molecule has 3 aromatic carbocycles. The number of hydrogen-bond donors (Lipinski definition) is 2. The average Bonchev–Trinajstić information content (AvgIpc) is 3.53. The van der Waals surface area contributed by atoms with Crippen LogP contribution in [0.5, 0.6) is 11.5 Å². The Morgan fingerprint density at radius 2 is 1.65 bits per heavy atom. The fourth-order valence-electron chi connectivity index (χ4n) is 8.90. The van der Waals surface area contributed by atoms with Gasteiger partial charge in [0, 0.05) is 28.8 Å². The zero-order chi connectivity index (χ0) is 38.3. The van der Waals surface area contributed by atoms with Crippen molar-refractivity contribution in [3.63, 3.8) is 0 Å². The van der Waals surface area contributed by atoms with Crippen molar-refractivity contribution in [2.24, 2.45) is 23.7 Å². The number of carbonyl (C=O) groups is 4. The Morgan fingerprint density at radius 3 is 2.31 bits per heavy atom. The first kappa shape index (κ1) is 35.6. The minimum Gasteiger partial charge on any atom is -0.508 e. The van der Waals surface area contributed by atoms with E-state index in [4.69, 9.17) is 27.9 Å². The number of hydrazine groups is 1. The molecule has 10 nitrogen and oxygen atoms in total. The molecule has 15 heteroatoms. The third-order valence-corrected chi connectivity index (χ3v) is 11.6. The van der Waals surface area contributed by atoms with E-state index in [1.54, 1.807) is 60.7 Å². The fraction of sp³-hybridized carbons (Fsp3) is 0.256. The van der Waals surface area contributed by atoms with Gasteiger partial charge in [-0.05, 0) is 60.7 Å². The molecular formula is C39H29Cl2F3N4O6. The number of rotatable bonds is 6. The van der Waals surface area contributed by atoms with Crippen molar-refractivity contribution in [3.8, 4) is 11.5 Å². The number of hydrogen-bond acceptors (Lipinski definition) is 8. The van der Waals surface area contributed by atoms with Crippen LogP contribution >= 0.6 is 23.2 Å². The monoisotopic (exact) mass is 776 g/mol. The molecule has 3 fully saturated rings. The van der Waals surface area contributed by atoms with Gasteiger partial charge < -0.3 is 9.84 Å². The molecule has 8 rings (SSSR count). The van der Waals surface area contributed by atoms with Crippen molar-refractivity contribution in [3.05, 3.63) is 123 Å². The van der Waals surface area contributed by atoms with Crippen molar-refractivity contribution >= 4 is 58.3 Å². The number of nitrogens with one attached hydrogen (secondary N) is 1. The predicted octanol–water partition coefficient (Wildman–Crippen LogP) is 7.31. The second kappa shape index (κ2) is 12.9. The molecule has 2 N–H and O–H groups in total. The van der Waals surface area contributed by atoms with Gasteiger partial charge in [-0.15, -0.1) is 0 Å². The number of phenols is 1. The van der Waals surface area contributed by atoms with Gasteiger partial charge in [-0.25, -0.2) is 4.98 Å². The summed E-state index contributed by atoms with van der Waals surface area (Å²) in [5.41, 5.74) is 1.54. The van der Waals surface area contributed by atoms with E-state index in [1.165, 1.54) is 24.1 Å². The Kier molecular flexibility index (Phi) is 8.49. The average molecular weight is 778 g/mol. The van der Waals surface area contributed by atoms with Gasteiger partial charge in [-0.2, -0.15) is 18.2 Å². The summed E-state index contributed by atoms with van der Waals surface area (Å²) in [6, 6.07) is 20.0. The highest BCUT2D eigenvalue weighted by atomic mass is 35.5. The van der Waals surface area contributed by atoms with Gasteiger partial charge in [0.2, 0.25) is 11.8 Å². The molecule has 276 valence electrons. The van der Waals surface area contributed by atoms with E-state index in [0.717, 1.165) is 0 Å². The van der Waals surface area contributed by atoms with Crippen LogP contribution in [0.4, 0.5) is 24.7 Å². The second-order valence-electron chi connectivity index (χ2n) is 13.7. The van der Waals surface area contributed by atoms with E-state index in [0.29, 0.717) is 44.7 Å². The number of aromatic hydroxyl groups is 1. The topological polar surface area (TPSA) is 129 Å². The second-order valence-corrected chi connectivity index (χ2v) is 14.5. The molecule has 1 saturated carbocycles. The molecule has 6 atom stereocenters. The van der Waals surface area contributed by atoms with E-state index in [1.807, 2.05) is 6.08 Å². The van der Waals surface area contributed by atoms with Crippen LogP contribution in [-0.2, 0) is 30.8 Å². The number of aromatic nitrogens is 1. The van der Waals surface area contributed by atoms with E-state index in [-0.39, 0.29) is 36.1 Å². The van der Waals surface area contributed by atoms with Gasteiger partial charge in [-0.1, -0.05) is 71.2 Å². The summed E-state index contributed by atoms with van der Waals surface area (Å²) < 4.78 is 46.2. The lowest BCUT2D eigenvalue weighted by Crippen LogP contribution is -2.53. The van der Waals surface area contributed by atoms with Gasteiger partial charge in [0.15, 0.2) is 5.82 Å². The Bertz CT molecular complexity index is 2270. The lowest BCUT2D eigenvalue weighted by atomic mass is 9.49. The number of benzene rings is 3. The standard InChI is InChI=1S/C39H29Cl2F3N4O6/c1-54-30-16-23(49)11-12-25(30)32-24-13-14-26-31(36(52)47(34(26)50)22-5-3-2-4-6-22)27(24)17-28-35(51)48(37(53)38(28,32)19-7-9-21(40)10-8-19)46-33-29(41)15-20(18-45-33)39(42,43)44/h2-13,15-16,18,26-28,31-32,49H,14,17H2,1H3,(H,45,46)/t26-,27+,28-,31-,32+,38+/m0/s1. The first-order chi connectivity index (χ1) is 25.8. The molecule has 0 radical (unpaired) electrons. The van der Waals surface area contributed by atoms with Crippen molar-refractivity contribution in [2.75, 3.05) is 17.4 Å². The van der Waals surface area contributed by atoms with Crippen LogP contribution < -0.4 is 15.1 Å². The number of methoxy groups -OCH3 is 1. The van der Waals surface area contributed by atoms with E-state index >= 15 is 4.79 Å². The molecule has 0 unspecified atom stereocenters. The number of phenolic OH excluding ortho intramolecular Hbond substituents is 1. The number of amides is 4. The summed E-state index contributed by atoms with van der Waals surface area (Å²) in [4.78, 5) is 63.5. The van der Waals surface area contributed by atoms with Crippen LogP contribution in [0.25, 0.3) is 0 Å². The van der Waals surface area contributed by atoms with Gasteiger partial charge in [0.05, 0.1) is 46.6 Å². The van der Waals surface area contributed by atoms with Crippen molar-refractivity contribution in [1.29, 1.82) is 0 Å². The van der Waals surface area contributed by atoms with Crippen LogP contribution in [0.2, 0.25) is 10.0 Å². The van der Waals surface area contributed by atoms with Gasteiger partial charge in [-0.3, -0.25) is 29.5 Å². The number of imide groups is 2. The summed E-state index contributed by atoms with van der Waals surface area (Å²) in [6.07, 6.45) is -2.25. The molecule has 0 spiro atoms. The molecule has 2 saturated heterocycles. The molecule has 2 aliphatic carbocycles. The van der Waals surface area contributed by atoms with Crippen LogP contribution in [0.1, 0.15) is 35.4 Å². The van der Waals surface area contributed by atoms with Crippen molar-refractivity contribution < 1.29 is 42.2 Å². The summed E-state index contributed by atoms with van der Waals surface area (Å²) in [5.74, 6) is -7.23. The highest BCUT2D eigenvalue weighted by Crippen LogP contribution is 2.65. The largest absolute Gasteiger partial charge is 0.508 e. The lowest BCUT2D eigenvalue weighted by molar-refractivity contribution is -0.139.